The molecule has 2 aromatic rings. The molecular weight excluding hydrogens is 227 g/mol. The Labute approximate surface area is 95.9 Å². The molecule has 0 amide bonds. The smallest absolute Gasteiger partial charge is 0.490 e. The minimum absolute atomic E-state index is 0.197. The molecular formula is C9H7BN2O3S. The lowest BCUT2D eigenvalue weighted by molar-refractivity contribution is 0.402. The van der Waals surface area contributed by atoms with E-state index in [1.165, 1.54) is 18.4 Å². The van der Waals surface area contributed by atoms with Crippen LogP contribution in [0.5, 0.6) is 5.88 Å². The number of nitrogens with zero attached hydrogens (tertiary/aromatic N) is 2. The molecule has 2 aromatic heterocycles. The van der Waals surface area contributed by atoms with Gasteiger partial charge in [-0.05, 0) is 11.4 Å². The van der Waals surface area contributed by atoms with Gasteiger partial charge in [0.2, 0.25) is 11.6 Å². The van der Waals surface area contributed by atoms with Gasteiger partial charge < -0.3 is 14.8 Å². The maximum absolute atomic E-state index is 9.12. The van der Waals surface area contributed by atoms with Crippen molar-refractivity contribution in [2.45, 2.75) is 0 Å². The molecule has 0 unspecified atom stereocenters. The fourth-order valence-corrected chi connectivity index (χ4v) is 2.30. The molecule has 0 aliphatic rings. The Kier molecular flexibility index (Phi) is 2.79. The van der Waals surface area contributed by atoms with Crippen molar-refractivity contribution in [1.29, 1.82) is 0 Å². The van der Waals surface area contributed by atoms with Crippen molar-refractivity contribution in [2.75, 3.05) is 7.11 Å². The van der Waals surface area contributed by atoms with Gasteiger partial charge in [-0.2, -0.15) is 0 Å². The van der Waals surface area contributed by atoms with Gasteiger partial charge in [0.15, 0.2) is 0 Å². The monoisotopic (exact) mass is 234 g/mol. The number of aromatic nitrogens is 1. The van der Waals surface area contributed by atoms with Crippen molar-refractivity contribution in [3.8, 4) is 5.88 Å². The Morgan fingerprint density at radius 2 is 2.31 bits per heavy atom. The van der Waals surface area contributed by atoms with Gasteiger partial charge in [0, 0.05) is 10.2 Å². The molecule has 0 bridgehead atoms. The normalized spacial score (nSPS) is 10.1. The van der Waals surface area contributed by atoms with Gasteiger partial charge in [-0.1, -0.05) is 0 Å². The topological polar surface area (TPSA) is 66.9 Å². The lowest BCUT2D eigenvalue weighted by atomic mass is 9.82. The van der Waals surface area contributed by atoms with Crippen molar-refractivity contribution >= 4 is 39.8 Å². The summed E-state index contributed by atoms with van der Waals surface area (Å²) in [4.78, 5) is 7.39. The first-order valence-corrected chi connectivity index (χ1v) is 5.25. The molecule has 0 saturated carbocycles. The zero-order valence-electron chi connectivity index (χ0n) is 8.34. The van der Waals surface area contributed by atoms with Crippen molar-refractivity contribution in [3.05, 3.63) is 22.9 Å². The van der Waals surface area contributed by atoms with Crippen molar-refractivity contribution in [2.24, 2.45) is 0 Å². The summed E-state index contributed by atoms with van der Waals surface area (Å²) in [6, 6.07) is 1.63. The first-order valence-electron chi connectivity index (χ1n) is 4.37. The van der Waals surface area contributed by atoms with Gasteiger partial charge in [0.05, 0.1) is 19.2 Å². The molecule has 0 saturated heterocycles. The highest BCUT2D eigenvalue weighted by atomic mass is 32.1. The first kappa shape index (κ1) is 10.9. The van der Waals surface area contributed by atoms with E-state index in [1.54, 1.807) is 11.4 Å². The zero-order valence-corrected chi connectivity index (χ0v) is 9.15. The van der Waals surface area contributed by atoms with E-state index < -0.39 is 7.12 Å². The Bertz CT molecular complexity index is 576. The van der Waals surface area contributed by atoms with Gasteiger partial charge in [0.25, 0.3) is 0 Å². The molecule has 0 aromatic carbocycles. The fourth-order valence-electron chi connectivity index (χ4n) is 1.36. The van der Waals surface area contributed by atoms with Gasteiger partial charge in [-0.15, -0.1) is 11.3 Å². The number of ether oxygens (including phenoxy) is 1. The summed E-state index contributed by atoms with van der Waals surface area (Å²) in [5.74, 6) is 0.197. The third-order valence-corrected chi connectivity index (χ3v) is 3.05. The SMILES string of the molecule is [C-]#[N+]c1cc2scc(B(O)O)c2nc1OC. The van der Waals surface area contributed by atoms with Crippen LogP contribution in [0.1, 0.15) is 0 Å². The number of rotatable bonds is 2. The summed E-state index contributed by atoms with van der Waals surface area (Å²) >= 11 is 1.31. The summed E-state index contributed by atoms with van der Waals surface area (Å²) in [5.41, 5.74) is 1.11. The molecule has 5 nitrogen and oxygen atoms in total. The van der Waals surface area contributed by atoms with Crippen LogP contribution in [-0.4, -0.2) is 29.3 Å². The van der Waals surface area contributed by atoms with Crippen LogP contribution >= 0.6 is 11.3 Å². The second kappa shape index (κ2) is 4.10. The van der Waals surface area contributed by atoms with E-state index in [4.69, 9.17) is 21.4 Å². The summed E-state index contributed by atoms with van der Waals surface area (Å²) in [5, 5.41) is 19.8. The Balaban J connectivity index is 2.72. The van der Waals surface area contributed by atoms with Crippen LogP contribution in [-0.2, 0) is 0 Å². The Morgan fingerprint density at radius 3 is 2.88 bits per heavy atom. The van der Waals surface area contributed by atoms with Gasteiger partial charge in [0.1, 0.15) is 0 Å². The maximum Gasteiger partial charge on any atom is 0.491 e. The highest BCUT2D eigenvalue weighted by molar-refractivity contribution is 7.18. The number of hydrogen-bond donors (Lipinski definition) is 2. The standard InChI is InChI=1S/C9H7BN2O3S/c1-11-6-3-7-8(12-9(6)15-2)5(4-16-7)10(13)14/h3-4,13-14H,2H3. The second-order valence-electron chi connectivity index (χ2n) is 3.04. The summed E-state index contributed by atoms with van der Waals surface area (Å²) in [6.07, 6.45) is 0. The Morgan fingerprint density at radius 1 is 1.56 bits per heavy atom. The van der Waals surface area contributed by atoms with Crippen LogP contribution in [0, 0.1) is 6.57 Å². The van der Waals surface area contributed by atoms with Gasteiger partial charge in [-0.3, -0.25) is 0 Å². The zero-order chi connectivity index (χ0) is 11.7. The summed E-state index contributed by atoms with van der Waals surface area (Å²) < 4.78 is 5.70. The molecule has 7 heteroatoms. The molecule has 2 rings (SSSR count). The number of thiophene rings is 1. The maximum atomic E-state index is 9.12. The average Bonchev–Trinajstić information content (AvgIpc) is 2.69. The van der Waals surface area contributed by atoms with E-state index in [-0.39, 0.29) is 5.88 Å². The molecule has 2 N–H and O–H groups in total. The van der Waals surface area contributed by atoms with E-state index in [1.807, 2.05) is 0 Å². The van der Waals surface area contributed by atoms with Crippen LogP contribution < -0.4 is 10.2 Å². The predicted octanol–water partition coefficient (Wildman–Crippen LogP) is 0.535. The predicted molar refractivity (Wildman–Crippen MR) is 62.3 cm³/mol. The molecule has 0 fully saturated rings. The molecule has 0 atom stereocenters. The van der Waals surface area contributed by atoms with Crippen LogP contribution in [0.3, 0.4) is 0 Å². The minimum Gasteiger partial charge on any atom is -0.490 e. The third kappa shape index (κ3) is 1.63. The minimum atomic E-state index is -1.57. The molecule has 0 spiro atoms. The largest absolute Gasteiger partial charge is 0.491 e. The lowest BCUT2D eigenvalue weighted by Crippen LogP contribution is -2.29. The number of fused-ring (bicyclic) bond motifs is 1. The quantitative estimate of drug-likeness (QED) is 0.587. The van der Waals surface area contributed by atoms with E-state index in [9.17, 15) is 0 Å². The summed E-state index contributed by atoms with van der Waals surface area (Å²) in [6.45, 7) is 6.97. The van der Waals surface area contributed by atoms with E-state index in [2.05, 4.69) is 9.83 Å². The second-order valence-corrected chi connectivity index (χ2v) is 3.95. The molecule has 0 aliphatic heterocycles. The molecule has 2 heterocycles. The molecule has 80 valence electrons. The van der Waals surface area contributed by atoms with Crippen LogP contribution in [0.4, 0.5) is 5.69 Å². The number of hydrogen-bond acceptors (Lipinski definition) is 5. The van der Waals surface area contributed by atoms with Gasteiger partial charge >= 0.3 is 7.12 Å². The van der Waals surface area contributed by atoms with E-state index in [0.717, 1.165) is 4.70 Å². The Hall–Kier alpha value is -1.62. The van der Waals surface area contributed by atoms with Crippen LogP contribution in [0.25, 0.3) is 15.1 Å². The van der Waals surface area contributed by atoms with Crippen LogP contribution in [0.2, 0.25) is 0 Å². The molecule has 0 radical (unpaired) electrons. The number of pyridine rings is 1. The first-order chi connectivity index (χ1) is 7.67. The molecule has 16 heavy (non-hydrogen) atoms. The van der Waals surface area contributed by atoms with Crippen molar-refractivity contribution in [1.82, 2.24) is 4.98 Å². The molecule has 0 aliphatic carbocycles. The lowest BCUT2D eigenvalue weighted by Gasteiger charge is -2.02. The number of methoxy groups -OCH3 is 1. The third-order valence-electron chi connectivity index (χ3n) is 2.11. The van der Waals surface area contributed by atoms with Gasteiger partial charge in [-0.25, -0.2) is 9.83 Å². The van der Waals surface area contributed by atoms with Crippen molar-refractivity contribution < 1.29 is 14.8 Å². The van der Waals surface area contributed by atoms with E-state index in [0.29, 0.717) is 16.7 Å². The van der Waals surface area contributed by atoms with Crippen molar-refractivity contribution in [3.63, 3.8) is 0 Å². The fraction of sp³-hybridized carbons (Fsp3) is 0.111. The average molecular weight is 234 g/mol. The highest BCUT2D eigenvalue weighted by Crippen LogP contribution is 2.31. The summed E-state index contributed by atoms with van der Waals surface area (Å²) in [7, 11) is -0.144. The highest BCUT2D eigenvalue weighted by Gasteiger charge is 2.19. The van der Waals surface area contributed by atoms with E-state index >= 15 is 0 Å². The van der Waals surface area contributed by atoms with Crippen LogP contribution in [0.15, 0.2) is 11.4 Å².